The lowest BCUT2D eigenvalue weighted by atomic mass is 10.2. The van der Waals surface area contributed by atoms with Gasteiger partial charge in [0.25, 0.3) is 11.6 Å². The molecule has 1 amide bonds. The monoisotopic (exact) mass is 404 g/mol. The van der Waals surface area contributed by atoms with Gasteiger partial charge in [0.05, 0.1) is 9.82 Å². The average Bonchev–Trinajstić information content (AvgIpc) is 3.12. The predicted octanol–water partition coefficient (Wildman–Crippen LogP) is 2.62. The number of nitro benzene ring substituents is 1. The lowest BCUT2D eigenvalue weighted by Crippen LogP contribution is -2.14. The van der Waals surface area contributed by atoms with Crippen LogP contribution in [-0.4, -0.2) is 24.2 Å². The van der Waals surface area contributed by atoms with Crippen LogP contribution in [0.1, 0.15) is 10.5 Å². The number of primary sulfonamides is 1. The summed E-state index contributed by atoms with van der Waals surface area (Å²) in [6, 6.07) is 11.3. The van der Waals surface area contributed by atoms with Gasteiger partial charge in [-0.05, 0) is 36.4 Å². The number of sulfonamides is 1. The minimum atomic E-state index is -3.80. The van der Waals surface area contributed by atoms with E-state index in [0.717, 1.165) is 0 Å². The number of carbonyl (C=O) groups excluding carboxylic acids is 1. The lowest BCUT2D eigenvalue weighted by Gasteiger charge is -2.04. The van der Waals surface area contributed by atoms with Gasteiger partial charge in [0.2, 0.25) is 10.0 Å². The summed E-state index contributed by atoms with van der Waals surface area (Å²) in [4.78, 5) is 26.6. The van der Waals surface area contributed by atoms with Gasteiger partial charge in [-0.25, -0.2) is 18.5 Å². The number of hydrogen-bond acceptors (Lipinski definition) is 7. The molecule has 2 aromatic carbocycles. The van der Waals surface area contributed by atoms with E-state index in [4.69, 9.17) is 5.14 Å². The van der Waals surface area contributed by atoms with Gasteiger partial charge in [-0.15, -0.1) is 11.3 Å². The van der Waals surface area contributed by atoms with E-state index >= 15 is 0 Å². The molecule has 0 atom stereocenters. The van der Waals surface area contributed by atoms with Gasteiger partial charge in [0, 0.05) is 28.8 Å². The van der Waals surface area contributed by atoms with Gasteiger partial charge < -0.3 is 5.32 Å². The Balaban J connectivity index is 1.74. The number of nitrogens with two attached hydrogens (primary N) is 1. The first-order valence-electron chi connectivity index (χ1n) is 7.38. The maximum atomic E-state index is 12.3. The fraction of sp³-hybridized carbons (Fsp3) is 0. The van der Waals surface area contributed by atoms with Crippen LogP contribution in [0.3, 0.4) is 0 Å². The van der Waals surface area contributed by atoms with Crippen LogP contribution in [0.15, 0.2) is 58.8 Å². The molecule has 0 spiro atoms. The van der Waals surface area contributed by atoms with Crippen molar-refractivity contribution in [3.63, 3.8) is 0 Å². The van der Waals surface area contributed by atoms with E-state index in [0.29, 0.717) is 16.3 Å². The summed E-state index contributed by atoms with van der Waals surface area (Å²) in [5.74, 6) is -0.470. The molecule has 3 aromatic rings. The summed E-state index contributed by atoms with van der Waals surface area (Å²) >= 11 is 1.22. The molecule has 0 aliphatic rings. The van der Waals surface area contributed by atoms with Crippen molar-refractivity contribution in [2.24, 2.45) is 5.14 Å². The second-order valence-corrected chi connectivity index (χ2v) is 7.78. The van der Waals surface area contributed by atoms with E-state index in [2.05, 4.69) is 10.3 Å². The zero-order valence-corrected chi connectivity index (χ0v) is 15.2. The number of amides is 1. The van der Waals surface area contributed by atoms with E-state index in [1.807, 2.05) is 0 Å². The molecule has 1 heterocycles. The Morgan fingerprint density at radius 1 is 1.11 bits per heavy atom. The van der Waals surface area contributed by atoms with Crippen LogP contribution in [0.5, 0.6) is 0 Å². The van der Waals surface area contributed by atoms with E-state index in [-0.39, 0.29) is 16.3 Å². The quantitative estimate of drug-likeness (QED) is 0.494. The average molecular weight is 404 g/mol. The minimum Gasteiger partial charge on any atom is -0.321 e. The van der Waals surface area contributed by atoms with Crippen LogP contribution < -0.4 is 10.5 Å². The summed E-state index contributed by atoms with van der Waals surface area (Å²) in [5.41, 5.74) is 1.18. The first-order valence-corrected chi connectivity index (χ1v) is 9.81. The third kappa shape index (κ3) is 4.34. The standard InChI is InChI=1S/C16H12N4O5S2/c17-27(24,25)13-7-3-11(4-8-13)18-15(21)14-9-26-16(19-14)10-1-5-12(6-2-10)20(22)23/h1-9H,(H,18,21)(H2,17,24,25). The molecular weight excluding hydrogens is 392 g/mol. The Hall–Kier alpha value is -3.15. The molecule has 0 unspecified atom stereocenters. The highest BCUT2D eigenvalue weighted by molar-refractivity contribution is 7.89. The SMILES string of the molecule is NS(=O)(=O)c1ccc(NC(=O)c2csc(-c3ccc([N+](=O)[O-])cc3)n2)cc1. The topological polar surface area (TPSA) is 145 Å². The molecule has 0 aliphatic heterocycles. The van der Waals surface area contributed by atoms with Crippen molar-refractivity contribution in [3.8, 4) is 10.6 Å². The molecule has 0 aliphatic carbocycles. The number of benzene rings is 2. The molecular formula is C16H12N4O5S2. The number of hydrogen-bond donors (Lipinski definition) is 2. The number of thiazole rings is 1. The zero-order valence-electron chi connectivity index (χ0n) is 13.5. The van der Waals surface area contributed by atoms with Crippen molar-refractivity contribution in [2.75, 3.05) is 5.32 Å². The number of nitrogens with zero attached hydrogens (tertiary/aromatic N) is 2. The third-order valence-electron chi connectivity index (χ3n) is 3.50. The highest BCUT2D eigenvalue weighted by Crippen LogP contribution is 2.26. The molecule has 0 fully saturated rings. The summed E-state index contributed by atoms with van der Waals surface area (Å²) in [7, 11) is -3.80. The number of nitro groups is 1. The van der Waals surface area contributed by atoms with Crippen molar-refractivity contribution in [2.45, 2.75) is 4.90 Å². The third-order valence-corrected chi connectivity index (χ3v) is 5.32. The van der Waals surface area contributed by atoms with Crippen LogP contribution in [-0.2, 0) is 10.0 Å². The summed E-state index contributed by atoms with van der Waals surface area (Å²) in [5, 5.41) is 20.4. The molecule has 138 valence electrons. The summed E-state index contributed by atoms with van der Waals surface area (Å²) in [6.07, 6.45) is 0. The number of carbonyl (C=O) groups is 1. The summed E-state index contributed by atoms with van der Waals surface area (Å²) in [6.45, 7) is 0. The highest BCUT2D eigenvalue weighted by Gasteiger charge is 2.14. The largest absolute Gasteiger partial charge is 0.321 e. The summed E-state index contributed by atoms with van der Waals surface area (Å²) < 4.78 is 22.5. The molecule has 0 saturated heterocycles. The molecule has 0 saturated carbocycles. The smallest absolute Gasteiger partial charge is 0.275 e. The Kier molecular flexibility index (Phi) is 4.99. The first-order chi connectivity index (χ1) is 12.7. The fourth-order valence-electron chi connectivity index (χ4n) is 2.16. The van der Waals surface area contributed by atoms with Gasteiger partial charge in [0.15, 0.2) is 0 Å². The molecule has 1 aromatic heterocycles. The number of non-ortho nitro benzene ring substituents is 1. The van der Waals surface area contributed by atoms with E-state index in [1.165, 1.54) is 47.7 Å². The Labute approximate surface area is 157 Å². The van der Waals surface area contributed by atoms with Gasteiger partial charge in [-0.3, -0.25) is 14.9 Å². The fourth-order valence-corrected chi connectivity index (χ4v) is 3.48. The maximum Gasteiger partial charge on any atom is 0.275 e. The Bertz CT molecular complexity index is 1110. The van der Waals surface area contributed by atoms with Crippen LogP contribution >= 0.6 is 11.3 Å². The molecule has 3 rings (SSSR count). The van der Waals surface area contributed by atoms with Crippen molar-refractivity contribution in [3.05, 3.63) is 69.7 Å². The highest BCUT2D eigenvalue weighted by atomic mass is 32.2. The maximum absolute atomic E-state index is 12.3. The molecule has 11 heteroatoms. The second-order valence-electron chi connectivity index (χ2n) is 5.37. The van der Waals surface area contributed by atoms with Crippen molar-refractivity contribution < 1.29 is 18.1 Å². The number of anilines is 1. The van der Waals surface area contributed by atoms with Crippen molar-refractivity contribution in [1.82, 2.24) is 4.98 Å². The molecule has 27 heavy (non-hydrogen) atoms. The van der Waals surface area contributed by atoms with Gasteiger partial charge >= 0.3 is 0 Å². The van der Waals surface area contributed by atoms with Gasteiger partial charge in [-0.2, -0.15) is 0 Å². The predicted molar refractivity (Wildman–Crippen MR) is 100.0 cm³/mol. The van der Waals surface area contributed by atoms with E-state index in [1.54, 1.807) is 17.5 Å². The van der Waals surface area contributed by atoms with Crippen LogP contribution in [0.2, 0.25) is 0 Å². The number of rotatable bonds is 5. The van der Waals surface area contributed by atoms with Crippen LogP contribution in [0.4, 0.5) is 11.4 Å². The van der Waals surface area contributed by atoms with Crippen molar-refractivity contribution >= 4 is 38.6 Å². The van der Waals surface area contributed by atoms with Crippen molar-refractivity contribution in [1.29, 1.82) is 0 Å². The molecule has 0 bridgehead atoms. The second kappa shape index (κ2) is 7.23. The Morgan fingerprint density at radius 3 is 2.30 bits per heavy atom. The minimum absolute atomic E-state index is 0.0313. The molecule has 3 N–H and O–H groups in total. The van der Waals surface area contributed by atoms with E-state index in [9.17, 15) is 23.3 Å². The van der Waals surface area contributed by atoms with Gasteiger partial charge in [-0.1, -0.05) is 0 Å². The first kappa shape index (κ1) is 18.6. The molecule has 0 radical (unpaired) electrons. The lowest BCUT2D eigenvalue weighted by molar-refractivity contribution is -0.384. The molecule has 9 nitrogen and oxygen atoms in total. The number of nitrogens with one attached hydrogen (secondary N) is 1. The zero-order chi connectivity index (χ0) is 19.6. The van der Waals surface area contributed by atoms with Gasteiger partial charge in [0.1, 0.15) is 10.7 Å². The van der Waals surface area contributed by atoms with E-state index < -0.39 is 20.9 Å². The van der Waals surface area contributed by atoms with Crippen LogP contribution in [0, 0.1) is 10.1 Å². The number of aromatic nitrogens is 1. The van der Waals surface area contributed by atoms with Crippen LogP contribution in [0.25, 0.3) is 10.6 Å². The normalized spacial score (nSPS) is 11.1. The Morgan fingerprint density at radius 2 is 1.74 bits per heavy atom.